The number of carbonyl (C=O) groups is 1. The molecule has 0 saturated heterocycles. The summed E-state index contributed by atoms with van der Waals surface area (Å²) in [4.78, 5) is 12.0. The molecule has 0 aromatic heterocycles. The zero-order chi connectivity index (χ0) is 12.3. The second-order valence-corrected chi connectivity index (χ2v) is 5.68. The Morgan fingerprint density at radius 1 is 1.29 bits per heavy atom. The van der Waals surface area contributed by atoms with Crippen molar-refractivity contribution in [3.05, 3.63) is 33.3 Å². The summed E-state index contributed by atoms with van der Waals surface area (Å²) in [5.74, 6) is 0.293. The average Bonchev–Trinajstić information content (AvgIpc) is 2.36. The number of Topliss-reactive ketones (excluding diaryl/α,β-unsaturated/α-hetero) is 1. The van der Waals surface area contributed by atoms with Crippen molar-refractivity contribution in [1.29, 1.82) is 0 Å². The lowest BCUT2D eigenvalue weighted by atomic mass is 9.89. The first-order chi connectivity index (χ1) is 8.22. The van der Waals surface area contributed by atoms with Crippen LogP contribution in [0.15, 0.2) is 16.6 Å². The van der Waals surface area contributed by atoms with Crippen LogP contribution in [-0.2, 0) is 12.8 Å². The zero-order valence-corrected chi connectivity index (χ0v) is 12.0. The van der Waals surface area contributed by atoms with E-state index in [9.17, 15) is 4.79 Å². The van der Waals surface area contributed by atoms with E-state index in [0.29, 0.717) is 12.2 Å². The molecule has 0 fully saturated rings. The Labute approximate surface area is 112 Å². The van der Waals surface area contributed by atoms with E-state index in [4.69, 9.17) is 0 Å². The lowest BCUT2D eigenvalue weighted by molar-refractivity contribution is 0.0979. The maximum atomic E-state index is 12.0. The number of benzene rings is 1. The second-order valence-electron chi connectivity index (χ2n) is 4.83. The van der Waals surface area contributed by atoms with Crippen molar-refractivity contribution in [3.8, 4) is 0 Å². The predicted octanol–water partition coefficient (Wildman–Crippen LogP) is 4.70. The minimum Gasteiger partial charge on any atom is -0.294 e. The van der Waals surface area contributed by atoms with Crippen LogP contribution in [-0.4, -0.2) is 5.78 Å². The monoisotopic (exact) mass is 294 g/mol. The van der Waals surface area contributed by atoms with Crippen LogP contribution in [0.25, 0.3) is 0 Å². The highest BCUT2D eigenvalue weighted by atomic mass is 79.9. The Morgan fingerprint density at radius 3 is 2.82 bits per heavy atom. The number of unbranched alkanes of at least 4 members (excludes halogenated alkanes) is 1. The molecule has 1 aliphatic rings. The predicted molar refractivity (Wildman–Crippen MR) is 74.6 cm³/mol. The molecule has 1 aromatic rings. The molecular formula is C15H19BrO. The van der Waals surface area contributed by atoms with Crippen LogP contribution in [0.3, 0.4) is 0 Å². The van der Waals surface area contributed by atoms with Crippen molar-refractivity contribution < 1.29 is 4.79 Å². The van der Waals surface area contributed by atoms with Crippen molar-refractivity contribution in [2.75, 3.05) is 0 Å². The van der Waals surface area contributed by atoms with E-state index in [1.54, 1.807) is 0 Å². The van der Waals surface area contributed by atoms with Crippen LogP contribution in [0.5, 0.6) is 0 Å². The lowest BCUT2D eigenvalue weighted by Crippen LogP contribution is -2.07. The number of hydrogen-bond acceptors (Lipinski definition) is 1. The quantitative estimate of drug-likeness (QED) is 0.736. The Bertz CT molecular complexity index is 423. The molecule has 92 valence electrons. The summed E-state index contributed by atoms with van der Waals surface area (Å²) >= 11 is 3.62. The Kier molecular flexibility index (Phi) is 4.38. The van der Waals surface area contributed by atoms with Crippen molar-refractivity contribution >= 4 is 21.7 Å². The molecule has 0 heterocycles. The zero-order valence-electron chi connectivity index (χ0n) is 10.4. The lowest BCUT2D eigenvalue weighted by Gasteiger charge is -2.18. The van der Waals surface area contributed by atoms with Gasteiger partial charge in [0.2, 0.25) is 0 Å². The third-order valence-electron chi connectivity index (χ3n) is 3.49. The molecule has 1 aromatic carbocycles. The highest BCUT2D eigenvalue weighted by Crippen LogP contribution is 2.30. The van der Waals surface area contributed by atoms with Gasteiger partial charge in [0.1, 0.15) is 0 Å². The number of halogens is 1. The normalized spacial score (nSPS) is 14.5. The summed E-state index contributed by atoms with van der Waals surface area (Å²) in [6.45, 7) is 2.12. The first kappa shape index (κ1) is 12.8. The number of rotatable bonds is 4. The van der Waals surface area contributed by atoms with Crippen molar-refractivity contribution in [1.82, 2.24) is 0 Å². The molecule has 0 N–H and O–H groups in total. The fourth-order valence-electron chi connectivity index (χ4n) is 2.46. The standard InChI is InChI=1S/C15H19BrO/c1-2-3-8-15(17)12-9-11-6-4-5-7-13(11)14(16)10-12/h9-10H,2-8H2,1H3. The van der Waals surface area contributed by atoms with Gasteiger partial charge in [-0.1, -0.05) is 29.3 Å². The van der Waals surface area contributed by atoms with Crippen LogP contribution in [0.2, 0.25) is 0 Å². The number of carbonyl (C=O) groups excluding carboxylic acids is 1. The van der Waals surface area contributed by atoms with Gasteiger partial charge in [-0.05, 0) is 55.4 Å². The van der Waals surface area contributed by atoms with Gasteiger partial charge < -0.3 is 0 Å². The smallest absolute Gasteiger partial charge is 0.162 e. The minimum atomic E-state index is 0.293. The Morgan fingerprint density at radius 2 is 2.06 bits per heavy atom. The minimum absolute atomic E-state index is 0.293. The van der Waals surface area contributed by atoms with Crippen LogP contribution in [0.4, 0.5) is 0 Å². The summed E-state index contributed by atoms with van der Waals surface area (Å²) in [6, 6.07) is 4.14. The fourth-order valence-corrected chi connectivity index (χ4v) is 3.16. The first-order valence-corrected chi connectivity index (χ1v) is 7.36. The third-order valence-corrected chi connectivity index (χ3v) is 4.20. The molecule has 0 atom stereocenters. The van der Waals surface area contributed by atoms with Gasteiger partial charge in [0.25, 0.3) is 0 Å². The van der Waals surface area contributed by atoms with Crippen molar-refractivity contribution in [2.24, 2.45) is 0 Å². The number of fused-ring (bicyclic) bond motifs is 1. The van der Waals surface area contributed by atoms with E-state index < -0.39 is 0 Å². The average molecular weight is 295 g/mol. The molecule has 1 nitrogen and oxygen atoms in total. The summed E-state index contributed by atoms with van der Waals surface area (Å²) in [7, 11) is 0. The fraction of sp³-hybridized carbons (Fsp3) is 0.533. The highest BCUT2D eigenvalue weighted by Gasteiger charge is 2.15. The van der Waals surface area contributed by atoms with Gasteiger partial charge in [-0.25, -0.2) is 0 Å². The van der Waals surface area contributed by atoms with Gasteiger partial charge in [-0.15, -0.1) is 0 Å². The topological polar surface area (TPSA) is 17.1 Å². The summed E-state index contributed by atoms with van der Waals surface area (Å²) in [5, 5.41) is 0. The number of ketones is 1. The number of hydrogen-bond donors (Lipinski definition) is 0. The maximum Gasteiger partial charge on any atom is 0.162 e. The summed E-state index contributed by atoms with van der Waals surface area (Å²) in [5.41, 5.74) is 3.69. The molecule has 0 saturated carbocycles. The van der Waals surface area contributed by atoms with Gasteiger partial charge in [0.15, 0.2) is 5.78 Å². The molecular weight excluding hydrogens is 276 g/mol. The van der Waals surface area contributed by atoms with E-state index >= 15 is 0 Å². The van der Waals surface area contributed by atoms with Crippen LogP contribution < -0.4 is 0 Å². The van der Waals surface area contributed by atoms with Gasteiger partial charge >= 0.3 is 0 Å². The molecule has 0 unspecified atom stereocenters. The molecule has 0 aliphatic heterocycles. The molecule has 17 heavy (non-hydrogen) atoms. The Hall–Kier alpha value is -0.630. The second kappa shape index (κ2) is 5.81. The van der Waals surface area contributed by atoms with Crippen LogP contribution in [0.1, 0.15) is 60.5 Å². The highest BCUT2D eigenvalue weighted by molar-refractivity contribution is 9.10. The van der Waals surface area contributed by atoms with E-state index in [1.165, 1.54) is 24.0 Å². The van der Waals surface area contributed by atoms with Gasteiger partial charge in [-0.3, -0.25) is 4.79 Å². The van der Waals surface area contributed by atoms with Crippen molar-refractivity contribution in [3.63, 3.8) is 0 Å². The molecule has 2 heteroatoms. The SMILES string of the molecule is CCCCC(=O)c1cc(Br)c2c(c1)CCCC2. The van der Waals surface area contributed by atoms with Crippen LogP contribution in [0, 0.1) is 0 Å². The molecule has 0 bridgehead atoms. The maximum absolute atomic E-state index is 12.0. The van der Waals surface area contributed by atoms with Crippen LogP contribution >= 0.6 is 15.9 Å². The first-order valence-electron chi connectivity index (χ1n) is 6.57. The molecule has 0 amide bonds. The Balaban J connectivity index is 2.24. The molecule has 0 spiro atoms. The van der Waals surface area contributed by atoms with E-state index in [0.717, 1.165) is 35.7 Å². The van der Waals surface area contributed by atoms with Crippen molar-refractivity contribution in [2.45, 2.75) is 51.9 Å². The largest absolute Gasteiger partial charge is 0.294 e. The molecule has 0 radical (unpaired) electrons. The van der Waals surface area contributed by atoms with Gasteiger partial charge in [0.05, 0.1) is 0 Å². The van der Waals surface area contributed by atoms with E-state index in [2.05, 4.69) is 28.9 Å². The van der Waals surface area contributed by atoms with E-state index in [-0.39, 0.29) is 0 Å². The van der Waals surface area contributed by atoms with E-state index in [1.807, 2.05) is 6.07 Å². The molecule has 1 aliphatic carbocycles. The number of aryl methyl sites for hydroxylation is 1. The van der Waals surface area contributed by atoms with Gasteiger partial charge in [-0.2, -0.15) is 0 Å². The van der Waals surface area contributed by atoms with Gasteiger partial charge in [0, 0.05) is 16.5 Å². The summed E-state index contributed by atoms with van der Waals surface area (Å²) < 4.78 is 1.13. The molecule has 2 rings (SSSR count). The summed E-state index contributed by atoms with van der Waals surface area (Å²) in [6.07, 6.45) is 7.57. The third kappa shape index (κ3) is 2.98.